The number of benzene rings is 1. The molecular formula is C27H28FN7O2. The van der Waals surface area contributed by atoms with E-state index in [1.54, 1.807) is 31.6 Å². The summed E-state index contributed by atoms with van der Waals surface area (Å²) >= 11 is 0. The van der Waals surface area contributed by atoms with Gasteiger partial charge in [0.05, 0.1) is 35.4 Å². The zero-order valence-corrected chi connectivity index (χ0v) is 21.0. The summed E-state index contributed by atoms with van der Waals surface area (Å²) in [5.41, 5.74) is 2.96. The van der Waals surface area contributed by atoms with Crippen LogP contribution in [0.5, 0.6) is 0 Å². The molecule has 1 fully saturated rings. The van der Waals surface area contributed by atoms with Crippen molar-refractivity contribution in [2.45, 2.75) is 57.6 Å². The molecule has 1 unspecified atom stereocenters. The third-order valence-electron chi connectivity index (χ3n) is 7.30. The molecule has 10 heteroatoms. The van der Waals surface area contributed by atoms with Gasteiger partial charge in [0.1, 0.15) is 23.2 Å². The number of carbonyl (C=O) groups excluding carboxylic acids is 1. The Hall–Kier alpha value is -3.92. The second kappa shape index (κ2) is 9.19. The predicted molar refractivity (Wildman–Crippen MR) is 135 cm³/mol. The van der Waals surface area contributed by atoms with E-state index in [0.29, 0.717) is 28.9 Å². The maximum Gasteiger partial charge on any atom is 0.259 e. The number of aromatic nitrogens is 6. The van der Waals surface area contributed by atoms with Gasteiger partial charge in [-0.2, -0.15) is 0 Å². The first-order valence-corrected chi connectivity index (χ1v) is 12.5. The highest BCUT2D eigenvalue weighted by Crippen LogP contribution is 2.39. The monoisotopic (exact) mass is 501 g/mol. The molecule has 4 aromatic rings. The van der Waals surface area contributed by atoms with Gasteiger partial charge < -0.3 is 19.2 Å². The van der Waals surface area contributed by atoms with Crippen LogP contribution in [-0.2, 0) is 11.2 Å². The first kappa shape index (κ1) is 23.5. The van der Waals surface area contributed by atoms with E-state index in [2.05, 4.69) is 30.0 Å². The standard InChI is InChI=1S/C27H28FN7O2/c1-15-11-19(28)18(12-23(15)34-13-21(29-14-34)17-7-8-17)27(36)31-24-6-4-5-20(30-24)26-33-32-25-10-9-22(35(25)26)16(2)37-3/h4-6,11-14,16-17,22H,7-10H2,1-3H3,(H,30,31,36)/t16?,22-/m1/s1. The van der Waals surface area contributed by atoms with Crippen LogP contribution in [0.4, 0.5) is 10.2 Å². The van der Waals surface area contributed by atoms with Crippen molar-refractivity contribution in [1.29, 1.82) is 0 Å². The van der Waals surface area contributed by atoms with Crippen LogP contribution in [0.15, 0.2) is 42.9 Å². The molecule has 1 N–H and O–H groups in total. The molecule has 1 saturated carbocycles. The normalized spacial score (nSPS) is 17.6. The molecule has 1 aliphatic heterocycles. The summed E-state index contributed by atoms with van der Waals surface area (Å²) in [5.74, 6) is 1.14. The molecule has 6 rings (SSSR count). The van der Waals surface area contributed by atoms with Crippen LogP contribution in [0, 0.1) is 12.7 Å². The largest absolute Gasteiger partial charge is 0.380 e. The molecule has 1 aromatic carbocycles. The molecule has 9 nitrogen and oxygen atoms in total. The van der Waals surface area contributed by atoms with E-state index in [-0.39, 0.29) is 17.7 Å². The summed E-state index contributed by atoms with van der Waals surface area (Å²) in [5, 5.41) is 11.4. The van der Waals surface area contributed by atoms with Gasteiger partial charge in [-0.05, 0) is 62.9 Å². The minimum Gasteiger partial charge on any atom is -0.380 e. The number of halogens is 1. The highest BCUT2D eigenvalue weighted by atomic mass is 19.1. The van der Waals surface area contributed by atoms with E-state index in [4.69, 9.17) is 4.74 Å². The highest BCUT2D eigenvalue weighted by molar-refractivity contribution is 6.04. The number of nitrogens with one attached hydrogen (secondary N) is 1. The van der Waals surface area contributed by atoms with Gasteiger partial charge in [0, 0.05) is 25.6 Å². The number of imidazole rings is 1. The molecule has 0 bridgehead atoms. The van der Waals surface area contributed by atoms with Crippen LogP contribution in [0.1, 0.15) is 65.6 Å². The van der Waals surface area contributed by atoms with Crippen LogP contribution in [0.2, 0.25) is 0 Å². The van der Waals surface area contributed by atoms with Gasteiger partial charge in [-0.25, -0.2) is 14.4 Å². The smallest absolute Gasteiger partial charge is 0.259 e. The number of aryl methyl sites for hydroxylation is 2. The number of rotatable bonds is 7. The maximum absolute atomic E-state index is 14.9. The number of carbonyl (C=O) groups is 1. The van der Waals surface area contributed by atoms with Crippen molar-refractivity contribution in [2.24, 2.45) is 0 Å². The van der Waals surface area contributed by atoms with E-state index in [0.717, 1.165) is 42.8 Å². The van der Waals surface area contributed by atoms with Crippen LogP contribution < -0.4 is 5.32 Å². The molecule has 0 saturated heterocycles. The lowest BCUT2D eigenvalue weighted by molar-refractivity contribution is 0.0744. The van der Waals surface area contributed by atoms with Crippen molar-refractivity contribution in [1.82, 2.24) is 29.3 Å². The van der Waals surface area contributed by atoms with Gasteiger partial charge in [0.25, 0.3) is 5.91 Å². The van der Waals surface area contributed by atoms with Gasteiger partial charge in [0.2, 0.25) is 0 Å². The molecule has 2 aliphatic rings. The lowest BCUT2D eigenvalue weighted by atomic mass is 10.1. The SMILES string of the molecule is COC(C)[C@H]1CCc2nnc(-c3cccc(NC(=O)c4cc(-n5cnc(C6CC6)c5)c(C)cc4F)n3)n21. The molecule has 1 amide bonds. The second-order valence-electron chi connectivity index (χ2n) is 9.82. The molecule has 190 valence electrons. The van der Waals surface area contributed by atoms with Gasteiger partial charge in [-0.1, -0.05) is 6.07 Å². The average Bonchev–Trinajstić information content (AvgIpc) is 3.27. The van der Waals surface area contributed by atoms with E-state index >= 15 is 0 Å². The van der Waals surface area contributed by atoms with Crippen molar-refractivity contribution in [3.8, 4) is 17.2 Å². The highest BCUT2D eigenvalue weighted by Gasteiger charge is 2.32. The van der Waals surface area contributed by atoms with Crippen molar-refractivity contribution in [3.05, 3.63) is 71.3 Å². The van der Waals surface area contributed by atoms with Gasteiger partial charge in [-0.3, -0.25) is 4.79 Å². The maximum atomic E-state index is 14.9. The third-order valence-corrected chi connectivity index (χ3v) is 7.30. The first-order chi connectivity index (χ1) is 17.9. The van der Waals surface area contributed by atoms with E-state index in [1.807, 2.05) is 30.7 Å². The predicted octanol–water partition coefficient (Wildman–Crippen LogP) is 4.63. The van der Waals surface area contributed by atoms with Crippen molar-refractivity contribution >= 4 is 11.7 Å². The lowest BCUT2D eigenvalue weighted by Gasteiger charge is -2.21. The Kier molecular flexibility index (Phi) is 5.83. The minimum absolute atomic E-state index is 0.00607. The van der Waals surface area contributed by atoms with Crippen LogP contribution >= 0.6 is 0 Å². The van der Waals surface area contributed by atoms with Crippen LogP contribution in [0.25, 0.3) is 17.2 Å². The van der Waals surface area contributed by atoms with E-state index < -0.39 is 11.7 Å². The van der Waals surface area contributed by atoms with Gasteiger partial charge in [0.15, 0.2) is 5.82 Å². The Labute approximate surface area is 213 Å². The van der Waals surface area contributed by atoms with E-state index in [9.17, 15) is 9.18 Å². The van der Waals surface area contributed by atoms with Gasteiger partial charge in [-0.15, -0.1) is 10.2 Å². The fourth-order valence-corrected chi connectivity index (χ4v) is 5.01. The summed E-state index contributed by atoms with van der Waals surface area (Å²) < 4.78 is 24.4. The minimum atomic E-state index is -0.593. The zero-order valence-electron chi connectivity index (χ0n) is 21.0. The number of ether oxygens (including phenoxy) is 1. The molecule has 2 atom stereocenters. The Morgan fingerprint density at radius 1 is 1.22 bits per heavy atom. The van der Waals surface area contributed by atoms with Crippen molar-refractivity contribution in [2.75, 3.05) is 12.4 Å². The third kappa shape index (κ3) is 4.31. The fraction of sp³-hybridized carbons (Fsp3) is 0.370. The number of anilines is 1. The Balaban J connectivity index is 1.27. The molecular weight excluding hydrogens is 473 g/mol. The van der Waals surface area contributed by atoms with Gasteiger partial charge >= 0.3 is 0 Å². The zero-order chi connectivity index (χ0) is 25.7. The molecule has 0 spiro atoms. The number of fused-ring (bicyclic) bond motifs is 1. The fourth-order valence-electron chi connectivity index (χ4n) is 5.01. The number of hydrogen-bond acceptors (Lipinski definition) is 6. The van der Waals surface area contributed by atoms with Crippen molar-refractivity contribution in [3.63, 3.8) is 0 Å². The molecule has 4 heterocycles. The van der Waals surface area contributed by atoms with Crippen molar-refractivity contribution < 1.29 is 13.9 Å². The Bertz CT molecular complexity index is 1490. The van der Waals surface area contributed by atoms with E-state index in [1.165, 1.54) is 6.07 Å². The molecule has 1 aliphatic carbocycles. The quantitative estimate of drug-likeness (QED) is 0.397. The number of nitrogens with zero attached hydrogens (tertiary/aromatic N) is 6. The number of amides is 1. The average molecular weight is 502 g/mol. The Morgan fingerprint density at radius 2 is 2.05 bits per heavy atom. The number of pyridine rings is 1. The summed E-state index contributed by atoms with van der Waals surface area (Å²) in [4.78, 5) is 22.2. The lowest BCUT2D eigenvalue weighted by Crippen LogP contribution is -2.21. The summed E-state index contributed by atoms with van der Waals surface area (Å²) in [6, 6.07) is 8.31. The number of methoxy groups -OCH3 is 1. The molecule has 3 aromatic heterocycles. The van der Waals surface area contributed by atoms with Crippen LogP contribution in [-0.4, -0.2) is 48.4 Å². The second-order valence-corrected chi connectivity index (χ2v) is 9.82. The molecule has 0 radical (unpaired) electrons. The summed E-state index contributed by atoms with van der Waals surface area (Å²) in [6.07, 6.45) is 7.68. The summed E-state index contributed by atoms with van der Waals surface area (Å²) in [7, 11) is 1.69. The summed E-state index contributed by atoms with van der Waals surface area (Å²) in [6.45, 7) is 3.84. The molecule has 37 heavy (non-hydrogen) atoms. The van der Waals surface area contributed by atoms with Crippen LogP contribution in [0.3, 0.4) is 0 Å². The number of hydrogen-bond donors (Lipinski definition) is 1. The Morgan fingerprint density at radius 3 is 2.84 bits per heavy atom. The topological polar surface area (TPSA) is 99.8 Å². The first-order valence-electron chi connectivity index (χ1n) is 12.5.